The lowest BCUT2D eigenvalue weighted by molar-refractivity contribution is -0.121. The Kier molecular flexibility index (Phi) is 6.37. The fourth-order valence-corrected chi connectivity index (χ4v) is 4.18. The highest BCUT2D eigenvalue weighted by Crippen LogP contribution is 2.21. The van der Waals surface area contributed by atoms with Gasteiger partial charge in [0.1, 0.15) is 6.54 Å². The van der Waals surface area contributed by atoms with Crippen LogP contribution in [0, 0.1) is 0 Å². The number of rotatable bonds is 5. The molecule has 2 aromatic carbocycles. The standard InChI is InChI=1S/C24H24ClN3O3/c25-20-10-4-2-8-17(20)15-26-22(29)16-28-21-11-5-3-9-18(21)19(14-23(28)30)24(31)27-12-6-1-7-13-27/h2-5,8-11,14H,1,6-7,12-13,15-16H2,(H,26,29). The first kappa shape index (κ1) is 21.1. The molecule has 0 unspecified atom stereocenters. The lowest BCUT2D eigenvalue weighted by Gasteiger charge is -2.27. The van der Waals surface area contributed by atoms with Crippen molar-refractivity contribution in [2.24, 2.45) is 0 Å². The second kappa shape index (κ2) is 9.35. The molecule has 2 heterocycles. The van der Waals surface area contributed by atoms with Gasteiger partial charge in [0.25, 0.3) is 11.5 Å². The van der Waals surface area contributed by atoms with Crippen LogP contribution in [0.25, 0.3) is 10.9 Å². The predicted octanol–water partition coefficient (Wildman–Crippen LogP) is 3.60. The molecule has 2 amide bonds. The van der Waals surface area contributed by atoms with Crippen LogP contribution in [-0.4, -0.2) is 34.4 Å². The van der Waals surface area contributed by atoms with Gasteiger partial charge in [0.2, 0.25) is 5.91 Å². The van der Waals surface area contributed by atoms with E-state index in [-0.39, 0.29) is 30.5 Å². The normalized spacial score (nSPS) is 13.9. The van der Waals surface area contributed by atoms with E-state index in [0.29, 0.717) is 34.6 Å². The number of nitrogens with zero attached hydrogens (tertiary/aromatic N) is 2. The first-order valence-electron chi connectivity index (χ1n) is 10.5. The Bertz CT molecular complexity index is 1180. The van der Waals surface area contributed by atoms with Crippen LogP contribution in [0.3, 0.4) is 0 Å². The average molecular weight is 438 g/mol. The first-order valence-corrected chi connectivity index (χ1v) is 10.8. The molecule has 0 aliphatic carbocycles. The van der Waals surface area contributed by atoms with Crippen molar-refractivity contribution in [1.29, 1.82) is 0 Å². The number of para-hydroxylation sites is 1. The molecule has 3 aromatic rings. The van der Waals surface area contributed by atoms with Crippen LogP contribution in [-0.2, 0) is 17.9 Å². The molecule has 0 bridgehead atoms. The summed E-state index contributed by atoms with van der Waals surface area (Å²) in [5.74, 6) is -0.425. The molecule has 0 atom stereocenters. The maximum atomic E-state index is 13.1. The number of likely N-dealkylation sites (tertiary alicyclic amines) is 1. The Morgan fingerprint density at radius 3 is 2.45 bits per heavy atom. The number of hydrogen-bond donors (Lipinski definition) is 1. The SMILES string of the molecule is O=C(Cn1c(=O)cc(C(=O)N2CCCCC2)c2ccccc21)NCc1ccccc1Cl. The summed E-state index contributed by atoms with van der Waals surface area (Å²) in [7, 11) is 0. The molecule has 1 N–H and O–H groups in total. The summed E-state index contributed by atoms with van der Waals surface area (Å²) < 4.78 is 1.41. The molecule has 1 aromatic heterocycles. The molecule has 1 aliphatic rings. The Morgan fingerprint density at radius 2 is 1.68 bits per heavy atom. The van der Waals surface area contributed by atoms with Crippen molar-refractivity contribution in [2.75, 3.05) is 13.1 Å². The average Bonchev–Trinajstić information content (AvgIpc) is 2.80. The van der Waals surface area contributed by atoms with Gasteiger partial charge in [-0.1, -0.05) is 48.0 Å². The van der Waals surface area contributed by atoms with Gasteiger partial charge in [0.15, 0.2) is 0 Å². The van der Waals surface area contributed by atoms with Crippen molar-refractivity contribution >= 4 is 34.3 Å². The molecular formula is C24H24ClN3O3. The lowest BCUT2D eigenvalue weighted by atomic mass is 10.0. The van der Waals surface area contributed by atoms with E-state index in [1.807, 2.05) is 35.2 Å². The van der Waals surface area contributed by atoms with E-state index in [1.165, 1.54) is 10.6 Å². The van der Waals surface area contributed by atoms with Gasteiger partial charge >= 0.3 is 0 Å². The number of nitrogens with one attached hydrogen (secondary N) is 1. The number of aromatic nitrogens is 1. The number of amides is 2. The largest absolute Gasteiger partial charge is 0.350 e. The van der Waals surface area contributed by atoms with E-state index in [0.717, 1.165) is 24.8 Å². The third-order valence-electron chi connectivity index (χ3n) is 5.63. The maximum Gasteiger partial charge on any atom is 0.254 e. The zero-order valence-corrected chi connectivity index (χ0v) is 17.9. The third-order valence-corrected chi connectivity index (χ3v) is 6.00. The second-order valence-electron chi connectivity index (χ2n) is 7.72. The highest BCUT2D eigenvalue weighted by atomic mass is 35.5. The van der Waals surface area contributed by atoms with E-state index in [4.69, 9.17) is 11.6 Å². The van der Waals surface area contributed by atoms with Crippen LogP contribution in [0.4, 0.5) is 0 Å². The number of fused-ring (bicyclic) bond motifs is 1. The number of halogens is 1. The lowest BCUT2D eigenvalue weighted by Crippen LogP contribution is -2.37. The van der Waals surface area contributed by atoms with Crippen LogP contribution in [0.2, 0.25) is 5.02 Å². The van der Waals surface area contributed by atoms with Crippen molar-refractivity contribution in [2.45, 2.75) is 32.4 Å². The smallest absolute Gasteiger partial charge is 0.254 e. The van der Waals surface area contributed by atoms with Crippen LogP contribution in [0.1, 0.15) is 35.2 Å². The van der Waals surface area contributed by atoms with Gasteiger partial charge in [0, 0.05) is 36.1 Å². The number of benzene rings is 2. The zero-order chi connectivity index (χ0) is 21.8. The minimum Gasteiger partial charge on any atom is -0.350 e. The molecule has 7 heteroatoms. The van der Waals surface area contributed by atoms with Crippen molar-refractivity contribution in [1.82, 2.24) is 14.8 Å². The molecule has 4 rings (SSSR count). The monoisotopic (exact) mass is 437 g/mol. The van der Waals surface area contributed by atoms with Crippen LogP contribution in [0.15, 0.2) is 59.4 Å². The van der Waals surface area contributed by atoms with Crippen molar-refractivity contribution < 1.29 is 9.59 Å². The molecule has 1 saturated heterocycles. The van der Waals surface area contributed by atoms with Crippen molar-refractivity contribution in [3.05, 3.63) is 81.1 Å². The topological polar surface area (TPSA) is 71.4 Å². The summed E-state index contributed by atoms with van der Waals surface area (Å²) in [6, 6.07) is 15.9. The van der Waals surface area contributed by atoms with Crippen molar-refractivity contribution in [3.63, 3.8) is 0 Å². The molecule has 0 saturated carbocycles. The second-order valence-corrected chi connectivity index (χ2v) is 8.13. The van der Waals surface area contributed by atoms with E-state index in [1.54, 1.807) is 18.2 Å². The van der Waals surface area contributed by atoms with Gasteiger partial charge in [-0.05, 0) is 37.0 Å². The molecular weight excluding hydrogens is 414 g/mol. The fraction of sp³-hybridized carbons (Fsp3) is 0.292. The molecule has 1 aliphatic heterocycles. The molecule has 160 valence electrons. The summed E-state index contributed by atoms with van der Waals surface area (Å²) in [4.78, 5) is 40.4. The summed E-state index contributed by atoms with van der Waals surface area (Å²) in [5.41, 5.74) is 1.41. The molecule has 1 fully saturated rings. The van der Waals surface area contributed by atoms with Crippen LogP contribution >= 0.6 is 11.6 Å². The predicted molar refractivity (Wildman–Crippen MR) is 121 cm³/mol. The number of carbonyl (C=O) groups excluding carboxylic acids is 2. The quantitative estimate of drug-likeness (QED) is 0.663. The molecule has 6 nitrogen and oxygen atoms in total. The Hall–Kier alpha value is -3.12. The van der Waals surface area contributed by atoms with Crippen LogP contribution in [0.5, 0.6) is 0 Å². The van der Waals surface area contributed by atoms with Crippen LogP contribution < -0.4 is 10.9 Å². The minimum absolute atomic E-state index is 0.122. The van der Waals surface area contributed by atoms with E-state index in [9.17, 15) is 14.4 Å². The number of carbonyl (C=O) groups is 2. The molecule has 31 heavy (non-hydrogen) atoms. The van der Waals surface area contributed by atoms with Gasteiger partial charge < -0.3 is 10.2 Å². The molecule has 0 radical (unpaired) electrons. The van der Waals surface area contributed by atoms with Gasteiger partial charge in [-0.2, -0.15) is 0 Å². The number of pyridine rings is 1. The summed E-state index contributed by atoms with van der Waals surface area (Å²) in [6.07, 6.45) is 3.08. The van der Waals surface area contributed by atoms with E-state index >= 15 is 0 Å². The van der Waals surface area contributed by atoms with Crippen molar-refractivity contribution in [3.8, 4) is 0 Å². The fourth-order valence-electron chi connectivity index (χ4n) is 3.98. The summed E-state index contributed by atoms with van der Waals surface area (Å²) in [5, 5.41) is 4.06. The third kappa shape index (κ3) is 4.64. The highest BCUT2D eigenvalue weighted by Gasteiger charge is 2.22. The Morgan fingerprint density at radius 1 is 0.968 bits per heavy atom. The summed E-state index contributed by atoms with van der Waals surface area (Å²) >= 11 is 6.14. The molecule has 0 spiro atoms. The zero-order valence-electron chi connectivity index (χ0n) is 17.1. The Balaban J connectivity index is 1.59. The summed E-state index contributed by atoms with van der Waals surface area (Å²) in [6.45, 7) is 1.56. The van der Waals surface area contributed by atoms with Gasteiger partial charge in [-0.25, -0.2) is 0 Å². The van der Waals surface area contributed by atoms with Gasteiger partial charge in [-0.15, -0.1) is 0 Å². The highest BCUT2D eigenvalue weighted by molar-refractivity contribution is 6.31. The Labute approximate surface area is 185 Å². The number of piperidine rings is 1. The number of hydrogen-bond acceptors (Lipinski definition) is 3. The van der Waals surface area contributed by atoms with Gasteiger partial charge in [-0.3, -0.25) is 19.0 Å². The van der Waals surface area contributed by atoms with E-state index in [2.05, 4.69) is 5.32 Å². The van der Waals surface area contributed by atoms with Gasteiger partial charge in [0.05, 0.1) is 11.1 Å². The maximum absolute atomic E-state index is 13.1. The first-order chi connectivity index (χ1) is 15.0. The minimum atomic E-state index is -0.369. The van der Waals surface area contributed by atoms with E-state index < -0.39 is 0 Å².